The standard InChI is InChI=1S/C28H33ClN6O3/c1-18-13-19(2)25-21(14-18)15-24(28(36)30-25)26(27-31-32-33-35(27)10-12-37-3)34(17-23-5-4-11-38-23)16-20-6-8-22(29)9-7-20/h6-9,13-15,23,26H,4-5,10-12,16-17H2,1-3H3,(H,30,36)/t23-,26+/m1/s1. The average molecular weight is 537 g/mol. The van der Waals surface area contributed by atoms with Gasteiger partial charge < -0.3 is 14.5 Å². The van der Waals surface area contributed by atoms with Crippen molar-refractivity contribution in [3.63, 3.8) is 0 Å². The Hall–Kier alpha value is -3.11. The van der Waals surface area contributed by atoms with E-state index in [-0.39, 0.29) is 11.7 Å². The van der Waals surface area contributed by atoms with E-state index in [4.69, 9.17) is 21.1 Å². The number of methoxy groups -OCH3 is 1. The molecule has 0 bridgehead atoms. The summed E-state index contributed by atoms with van der Waals surface area (Å²) in [6.45, 7) is 6.90. The lowest BCUT2D eigenvalue weighted by Crippen LogP contribution is -2.39. The zero-order valence-corrected chi connectivity index (χ0v) is 22.7. The number of aromatic amines is 1. The van der Waals surface area contributed by atoms with Crippen molar-refractivity contribution in [2.24, 2.45) is 0 Å². The third-order valence-electron chi connectivity index (χ3n) is 7.05. The van der Waals surface area contributed by atoms with Crippen LogP contribution in [-0.4, -0.2) is 63.1 Å². The first-order valence-electron chi connectivity index (χ1n) is 12.9. The van der Waals surface area contributed by atoms with Crippen molar-refractivity contribution in [1.29, 1.82) is 0 Å². The number of hydrogen-bond acceptors (Lipinski definition) is 7. The van der Waals surface area contributed by atoms with Gasteiger partial charge in [-0.05, 0) is 77.9 Å². The second-order valence-electron chi connectivity index (χ2n) is 9.95. The van der Waals surface area contributed by atoms with Crippen molar-refractivity contribution in [1.82, 2.24) is 30.1 Å². The monoisotopic (exact) mass is 536 g/mol. The van der Waals surface area contributed by atoms with Crippen molar-refractivity contribution in [3.05, 3.63) is 85.9 Å². The molecule has 1 fully saturated rings. The number of pyridine rings is 1. The molecule has 0 radical (unpaired) electrons. The predicted octanol–water partition coefficient (Wildman–Crippen LogP) is 4.20. The van der Waals surface area contributed by atoms with Gasteiger partial charge in [-0.2, -0.15) is 0 Å². The Kier molecular flexibility index (Phi) is 8.18. The molecule has 10 heteroatoms. The molecule has 0 spiro atoms. The van der Waals surface area contributed by atoms with E-state index in [2.05, 4.69) is 44.5 Å². The summed E-state index contributed by atoms with van der Waals surface area (Å²) >= 11 is 6.18. The van der Waals surface area contributed by atoms with E-state index in [9.17, 15) is 4.79 Å². The number of halogens is 1. The van der Waals surface area contributed by atoms with Crippen LogP contribution in [0.25, 0.3) is 10.9 Å². The van der Waals surface area contributed by atoms with Crippen LogP contribution in [-0.2, 0) is 22.6 Å². The van der Waals surface area contributed by atoms with E-state index in [0.717, 1.165) is 47.0 Å². The second-order valence-corrected chi connectivity index (χ2v) is 10.4. The first-order chi connectivity index (χ1) is 18.4. The Morgan fingerprint density at radius 1 is 1.24 bits per heavy atom. The Morgan fingerprint density at radius 3 is 2.79 bits per heavy atom. The largest absolute Gasteiger partial charge is 0.383 e. The lowest BCUT2D eigenvalue weighted by molar-refractivity contribution is 0.0569. The molecular weight excluding hydrogens is 504 g/mol. The molecule has 9 nitrogen and oxygen atoms in total. The molecule has 1 saturated heterocycles. The van der Waals surface area contributed by atoms with Gasteiger partial charge in [0.25, 0.3) is 5.56 Å². The highest BCUT2D eigenvalue weighted by atomic mass is 35.5. The SMILES string of the molecule is COCCn1nnnc1[C@H](c1cc2cc(C)cc(C)c2[nH]c1=O)N(Cc1ccc(Cl)cc1)C[C@H]1CCCO1. The predicted molar refractivity (Wildman–Crippen MR) is 146 cm³/mol. The van der Waals surface area contributed by atoms with Crippen LogP contribution in [0.2, 0.25) is 5.02 Å². The summed E-state index contributed by atoms with van der Waals surface area (Å²) in [5.74, 6) is 0.586. The number of ether oxygens (including phenoxy) is 2. The summed E-state index contributed by atoms with van der Waals surface area (Å²) in [5, 5.41) is 14.3. The van der Waals surface area contributed by atoms with Crippen LogP contribution in [0.15, 0.2) is 47.3 Å². The fourth-order valence-electron chi connectivity index (χ4n) is 5.29. The van der Waals surface area contributed by atoms with Crippen LogP contribution in [0.4, 0.5) is 0 Å². The number of H-pyrrole nitrogens is 1. The van der Waals surface area contributed by atoms with E-state index < -0.39 is 6.04 Å². The molecule has 38 heavy (non-hydrogen) atoms. The molecule has 3 heterocycles. The summed E-state index contributed by atoms with van der Waals surface area (Å²) in [6, 6.07) is 13.4. The van der Waals surface area contributed by atoms with Crippen molar-refractivity contribution >= 4 is 22.5 Å². The number of tetrazole rings is 1. The third-order valence-corrected chi connectivity index (χ3v) is 7.31. The van der Waals surface area contributed by atoms with Gasteiger partial charge in [-0.1, -0.05) is 35.4 Å². The fraction of sp³-hybridized carbons (Fsp3) is 0.429. The molecule has 0 amide bonds. The number of aromatic nitrogens is 5. The molecule has 2 aromatic heterocycles. The van der Waals surface area contributed by atoms with Crippen LogP contribution in [0, 0.1) is 13.8 Å². The minimum absolute atomic E-state index is 0.0529. The molecule has 2 atom stereocenters. The zero-order valence-electron chi connectivity index (χ0n) is 22.0. The number of nitrogens with one attached hydrogen (secondary N) is 1. The van der Waals surface area contributed by atoms with Gasteiger partial charge in [0.1, 0.15) is 6.04 Å². The van der Waals surface area contributed by atoms with Gasteiger partial charge in [0.05, 0.1) is 24.8 Å². The Balaban J connectivity index is 1.67. The normalized spacial score (nSPS) is 16.5. The highest BCUT2D eigenvalue weighted by Crippen LogP contribution is 2.31. The molecule has 1 aliphatic heterocycles. The van der Waals surface area contributed by atoms with Gasteiger partial charge in [-0.15, -0.1) is 5.10 Å². The summed E-state index contributed by atoms with van der Waals surface area (Å²) in [4.78, 5) is 19.1. The van der Waals surface area contributed by atoms with E-state index in [1.54, 1.807) is 11.8 Å². The first-order valence-corrected chi connectivity index (χ1v) is 13.3. The minimum Gasteiger partial charge on any atom is -0.383 e. The summed E-state index contributed by atoms with van der Waals surface area (Å²) < 4.78 is 13.1. The quantitative estimate of drug-likeness (QED) is 0.324. The van der Waals surface area contributed by atoms with Crippen molar-refractivity contribution in [2.45, 2.75) is 51.9 Å². The molecule has 1 aliphatic rings. The molecule has 5 rings (SSSR count). The summed E-state index contributed by atoms with van der Waals surface area (Å²) in [5.41, 5.74) is 4.49. The minimum atomic E-state index is -0.518. The van der Waals surface area contributed by atoms with Crippen molar-refractivity contribution < 1.29 is 9.47 Å². The molecule has 200 valence electrons. The van der Waals surface area contributed by atoms with Gasteiger partial charge in [0.15, 0.2) is 5.82 Å². The number of hydrogen-bond donors (Lipinski definition) is 1. The maximum atomic E-state index is 13.7. The molecule has 2 aromatic carbocycles. The van der Waals surface area contributed by atoms with Gasteiger partial charge in [0.2, 0.25) is 0 Å². The Labute approximate surface area is 226 Å². The van der Waals surface area contributed by atoms with Crippen LogP contribution in [0.5, 0.6) is 0 Å². The van der Waals surface area contributed by atoms with Crippen molar-refractivity contribution in [2.75, 3.05) is 26.9 Å². The second kappa shape index (κ2) is 11.7. The number of benzene rings is 2. The van der Waals surface area contributed by atoms with Gasteiger partial charge in [-0.3, -0.25) is 9.69 Å². The third kappa shape index (κ3) is 5.81. The molecule has 0 unspecified atom stereocenters. The van der Waals surface area contributed by atoms with Crippen LogP contribution in [0.1, 0.15) is 47.0 Å². The Morgan fingerprint density at radius 2 is 2.05 bits per heavy atom. The topological polar surface area (TPSA) is 98.2 Å². The van der Waals surface area contributed by atoms with Gasteiger partial charge in [0, 0.05) is 37.4 Å². The van der Waals surface area contributed by atoms with Crippen LogP contribution < -0.4 is 5.56 Å². The lowest BCUT2D eigenvalue weighted by Gasteiger charge is -2.32. The summed E-state index contributed by atoms with van der Waals surface area (Å²) in [7, 11) is 1.64. The highest BCUT2D eigenvalue weighted by Gasteiger charge is 2.33. The average Bonchev–Trinajstić information content (AvgIpc) is 3.57. The van der Waals surface area contributed by atoms with Crippen molar-refractivity contribution in [3.8, 4) is 0 Å². The number of fused-ring (bicyclic) bond motifs is 1. The first kappa shape index (κ1) is 26.5. The maximum Gasteiger partial charge on any atom is 0.253 e. The number of nitrogens with zero attached hydrogens (tertiary/aromatic N) is 5. The molecule has 4 aromatic rings. The van der Waals surface area contributed by atoms with Crippen LogP contribution >= 0.6 is 11.6 Å². The molecule has 0 saturated carbocycles. The number of aryl methyl sites for hydroxylation is 2. The van der Waals surface area contributed by atoms with E-state index >= 15 is 0 Å². The van der Waals surface area contributed by atoms with E-state index in [0.29, 0.717) is 42.7 Å². The smallest absolute Gasteiger partial charge is 0.253 e. The zero-order chi connectivity index (χ0) is 26.6. The van der Waals surface area contributed by atoms with Gasteiger partial charge in [-0.25, -0.2) is 4.68 Å². The van der Waals surface area contributed by atoms with E-state index in [1.165, 1.54) is 0 Å². The number of rotatable bonds is 10. The van der Waals surface area contributed by atoms with Crippen LogP contribution in [0.3, 0.4) is 0 Å². The lowest BCUT2D eigenvalue weighted by atomic mass is 9.99. The van der Waals surface area contributed by atoms with E-state index in [1.807, 2.05) is 37.3 Å². The highest BCUT2D eigenvalue weighted by molar-refractivity contribution is 6.30. The maximum absolute atomic E-state index is 13.7. The summed E-state index contributed by atoms with van der Waals surface area (Å²) in [6.07, 6.45) is 2.03. The fourth-order valence-corrected chi connectivity index (χ4v) is 5.41. The molecule has 1 N–H and O–H groups in total. The van der Waals surface area contributed by atoms with Gasteiger partial charge >= 0.3 is 0 Å². The Bertz CT molecular complexity index is 1450. The molecular formula is C28H33ClN6O3. The molecule has 0 aliphatic carbocycles.